The van der Waals surface area contributed by atoms with Gasteiger partial charge in [-0.1, -0.05) is 60.7 Å². The number of H-pyrrole nitrogens is 1. The summed E-state index contributed by atoms with van der Waals surface area (Å²) in [5.74, 6) is 0.614. The lowest BCUT2D eigenvalue weighted by Gasteiger charge is -2.19. The van der Waals surface area contributed by atoms with E-state index in [1.807, 2.05) is 84.9 Å². The molecule has 4 aromatic rings. The topological polar surface area (TPSA) is 54.1 Å². The molecule has 4 rings (SSSR count). The summed E-state index contributed by atoms with van der Waals surface area (Å²) in [7, 11) is 1.63. The zero-order valence-corrected chi connectivity index (χ0v) is 15.0. The van der Waals surface area contributed by atoms with Crippen molar-refractivity contribution < 1.29 is 9.53 Å². The summed E-state index contributed by atoms with van der Waals surface area (Å²) in [5.41, 5.74) is 3.50. The zero-order valence-electron chi connectivity index (χ0n) is 15.0. The molecule has 1 aromatic heterocycles. The Morgan fingerprint density at radius 1 is 0.889 bits per heavy atom. The van der Waals surface area contributed by atoms with Crippen molar-refractivity contribution >= 4 is 16.8 Å². The van der Waals surface area contributed by atoms with E-state index in [0.717, 1.165) is 27.8 Å². The Kier molecular flexibility index (Phi) is 4.62. The quantitative estimate of drug-likeness (QED) is 0.545. The molecule has 0 spiro atoms. The fourth-order valence-corrected chi connectivity index (χ4v) is 3.22. The highest BCUT2D eigenvalue weighted by molar-refractivity contribution is 5.98. The van der Waals surface area contributed by atoms with Gasteiger partial charge in [0.1, 0.15) is 11.4 Å². The van der Waals surface area contributed by atoms with E-state index in [1.54, 1.807) is 7.11 Å². The molecule has 0 atom stereocenters. The number of methoxy groups -OCH3 is 1. The van der Waals surface area contributed by atoms with Crippen LogP contribution in [0.1, 0.15) is 27.7 Å². The molecule has 134 valence electrons. The summed E-state index contributed by atoms with van der Waals surface area (Å²) >= 11 is 0. The van der Waals surface area contributed by atoms with Gasteiger partial charge in [0.05, 0.1) is 13.2 Å². The van der Waals surface area contributed by atoms with Crippen molar-refractivity contribution in [3.8, 4) is 5.75 Å². The first-order chi connectivity index (χ1) is 13.2. The van der Waals surface area contributed by atoms with Gasteiger partial charge in [-0.05, 0) is 35.4 Å². The first-order valence-corrected chi connectivity index (χ1v) is 8.82. The number of ether oxygens (including phenoxy) is 1. The average Bonchev–Trinajstić information content (AvgIpc) is 3.16. The van der Waals surface area contributed by atoms with E-state index >= 15 is 0 Å². The molecule has 0 fully saturated rings. The number of benzene rings is 3. The smallest absolute Gasteiger partial charge is 0.268 e. The Bertz CT molecular complexity index is 1020. The van der Waals surface area contributed by atoms with E-state index in [0.29, 0.717) is 5.69 Å². The second-order valence-corrected chi connectivity index (χ2v) is 6.36. The Morgan fingerprint density at radius 2 is 1.52 bits per heavy atom. The van der Waals surface area contributed by atoms with E-state index in [1.165, 1.54) is 0 Å². The van der Waals surface area contributed by atoms with Crippen LogP contribution in [-0.2, 0) is 0 Å². The van der Waals surface area contributed by atoms with Crippen molar-refractivity contribution in [2.45, 2.75) is 6.04 Å². The van der Waals surface area contributed by atoms with Crippen molar-refractivity contribution in [1.82, 2.24) is 10.3 Å². The van der Waals surface area contributed by atoms with Crippen LogP contribution in [0.2, 0.25) is 0 Å². The van der Waals surface area contributed by atoms with Crippen LogP contribution in [0, 0.1) is 0 Å². The molecule has 1 heterocycles. The summed E-state index contributed by atoms with van der Waals surface area (Å²) in [5, 5.41) is 4.09. The van der Waals surface area contributed by atoms with Crippen molar-refractivity contribution in [1.29, 1.82) is 0 Å². The number of carbonyl (C=O) groups is 1. The predicted octanol–water partition coefficient (Wildman–Crippen LogP) is 4.70. The highest BCUT2D eigenvalue weighted by atomic mass is 16.5. The molecule has 0 aliphatic rings. The minimum Gasteiger partial charge on any atom is -0.497 e. The van der Waals surface area contributed by atoms with Crippen LogP contribution in [-0.4, -0.2) is 18.0 Å². The van der Waals surface area contributed by atoms with Crippen LogP contribution in [0.15, 0.2) is 84.9 Å². The van der Waals surface area contributed by atoms with Gasteiger partial charge in [0, 0.05) is 10.9 Å². The second kappa shape index (κ2) is 7.38. The van der Waals surface area contributed by atoms with Crippen LogP contribution in [0.4, 0.5) is 0 Å². The SMILES string of the molecule is COc1ccc2[nH]c(C(=O)NC(c3ccccc3)c3ccccc3)cc2c1. The highest BCUT2D eigenvalue weighted by Gasteiger charge is 2.19. The van der Waals surface area contributed by atoms with E-state index in [4.69, 9.17) is 4.74 Å². The maximum atomic E-state index is 13.0. The fourth-order valence-electron chi connectivity index (χ4n) is 3.22. The third-order valence-electron chi connectivity index (χ3n) is 4.61. The zero-order chi connectivity index (χ0) is 18.6. The Morgan fingerprint density at radius 3 is 2.11 bits per heavy atom. The van der Waals surface area contributed by atoms with Gasteiger partial charge in [0.15, 0.2) is 0 Å². The molecule has 27 heavy (non-hydrogen) atoms. The number of hydrogen-bond donors (Lipinski definition) is 2. The van der Waals surface area contributed by atoms with Gasteiger partial charge < -0.3 is 15.0 Å². The molecular weight excluding hydrogens is 336 g/mol. The van der Waals surface area contributed by atoms with Crippen molar-refractivity contribution in [2.75, 3.05) is 7.11 Å². The average molecular weight is 356 g/mol. The van der Waals surface area contributed by atoms with Crippen molar-refractivity contribution in [3.63, 3.8) is 0 Å². The predicted molar refractivity (Wildman–Crippen MR) is 107 cm³/mol. The molecular formula is C23H20N2O2. The lowest BCUT2D eigenvalue weighted by atomic mass is 9.98. The molecule has 0 aliphatic heterocycles. The lowest BCUT2D eigenvalue weighted by Crippen LogP contribution is -2.29. The van der Waals surface area contributed by atoms with Crippen LogP contribution in [0.3, 0.4) is 0 Å². The van der Waals surface area contributed by atoms with Crippen molar-refractivity contribution in [2.24, 2.45) is 0 Å². The van der Waals surface area contributed by atoms with E-state index in [-0.39, 0.29) is 11.9 Å². The number of hydrogen-bond acceptors (Lipinski definition) is 2. The van der Waals surface area contributed by atoms with Crippen molar-refractivity contribution in [3.05, 3.63) is 102 Å². The molecule has 0 unspecified atom stereocenters. The maximum absolute atomic E-state index is 13.0. The van der Waals surface area contributed by atoms with Gasteiger partial charge in [0.25, 0.3) is 5.91 Å². The van der Waals surface area contributed by atoms with Gasteiger partial charge >= 0.3 is 0 Å². The molecule has 0 bridgehead atoms. The third-order valence-corrected chi connectivity index (χ3v) is 4.61. The molecule has 0 saturated carbocycles. The number of amides is 1. The molecule has 0 aliphatic carbocycles. The Balaban J connectivity index is 1.66. The minimum absolute atomic E-state index is 0.150. The summed E-state index contributed by atoms with van der Waals surface area (Å²) in [6.07, 6.45) is 0. The molecule has 2 N–H and O–H groups in total. The monoisotopic (exact) mass is 356 g/mol. The molecule has 4 nitrogen and oxygen atoms in total. The normalized spacial score (nSPS) is 10.9. The Labute approximate surface area is 157 Å². The summed E-state index contributed by atoms with van der Waals surface area (Å²) in [4.78, 5) is 16.1. The number of aromatic nitrogens is 1. The number of fused-ring (bicyclic) bond motifs is 1. The second-order valence-electron chi connectivity index (χ2n) is 6.36. The summed E-state index contributed by atoms with van der Waals surface area (Å²) in [6.45, 7) is 0. The number of rotatable bonds is 5. The van der Waals surface area contributed by atoms with Gasteiger partial charge in [0.2, 0.25) is 0 Å². The van der Waals surface area contributed by atoms with E-state index in [2.05, 4.69) is 10.3 Å². The molecule has 3 aromatic carbocycles. The standard InChI is InChI=1S/C23H20N2O2/c1-27-19-12-13-20-18(14-19)15-21(24-20)23(26)25-22(16-8-4-2-5-9-16)17-10-6-3-7-11-17/h2-15,22,24H,1H3,(H,25,26). The van der Waals surface area contributed by atoms with Gasteiger partial charge in [-0.3, -0.25) is 4.79 Å². The van der Waals surface area contributed by atoms with Crippen LogP contribution in [0.5, 0.6) is 5.75 Å². The fraction of sp³-hybridized carbons (Fsp3) is 0.0870. The first kappa shape index (κ1) is 16.9. The number of aromatic amines is 1. The molecule has 0 radical (unpaired) electrons. The lowest BCUT2D eigenvalue weighted by molar-refractivity contribution is 0.0939. The number of nitrogens with one attached hydrogen (secondary N) is 2. The van der Waals surface area contributed by atoms with Crippen LogP contribution < -0.4 is 10.1 Å². The largest absolute Gasteiger partial charge is 0.497 e. The molecule has 0 saturated heterocycles. The maximum Gasteiger partial charge on any atom is 0.268 e. The van der Waals surface area contributed by atoms with E-state index in [9.17, 15) is 4.79 Å². The Hall–Kier alpha value is -3.53. The molecule has 4 heteroatoms. The summed E-state index contributed by atoms with van der Waals surface area (Å²) < 4.78 is 5.26. The van der Waals surface area contributed by atoms with Gasteiger partial charge in [-0.25, -0.2) is 0 Å². The first-order valence-electron chi connectivity index (χ1n) is 8.82. The van der Waals surface area contributed by atoms with Crippen LogP contribution >= 0.6 is 0 Å². The minimum atomic E-state index is -0.221. The summed E-state index contributed by atoms with van der Waals surface area (Å²) in [6, 6.07) is 27.3. The highest BCUT2D eigenvalue weighted by Crippen LogP contribution is 2.24. The van der Waals surface area contributed by atoms with Gasteiger partial charge in [-0.2, -0.15) is 0 Å². The third kappa shape index (κ3) is 3.55. The van der Waals surface area contributed by atoms with Gasteiger partial charge in [-0.15, -0.1) is 0 Å². The number of carbonyl (C=O) groups excluding carboxylic acids is 1. The molecule has 1 amide bonds. The van der Waals surface area contributed by atoms with Crippen LogP contribution in [0.25, 0.3) is 10.9 Å². The van der Waals surface area contributed by atoms with E-state index < -0.39 is 0 Å².